The number of aromatic nitrogens is 4. The van der Waals surface area contributed by atoms with Gasteiger partial charge in [-0.2, -0.15) is 0 Å². The number of hydrogen-bond acceptors (Lipinski definition) is 3. The predicted octanol–water partition coefficient (Wildman–Crippen LogP) is 3.34. The van der Waals surface area contributed by atoms with E-state index in [-0.39, 0.29) is 11.9 Å². The molecule has 1 amide bonds. The summed E-state index contributed by atoms with van der Waals surface area (Å²) >= 11 is 0. The third-order valence-corrected chi connectivity index (χ3v) is 5.08. The van der Waals surface area contributed by atoms with Gasteiger partial charge in [-0.05, 0) is 31.9 Å². The molecule has 1 N–H and O–H groups in total. The number of aryl methyl sites for hydroxylation is 1. The molecule has 0 aromatic carbocycles. The Balaban J connectivity index is 1.72. The summed E-state index contributed by atoms with van der Waals surface area (Å²) in [6.45, 7) is 2.47. The van der Waals surface area contributed by atoms with Crippen molar-refractivity contribution in [2.75, 3.05) is 0 Å². The second-order valence-corrected chi connectivity index (χ2v) is 6.78. The minimum Gasteiger partial charge on any atom is -0.347 e. The molecule has 3 aromatic rings. The van der Waals surface area contributed by atoms with Crippen LogP contribution in [0.2, 0.25) is 0 Å². The Morgan fingerprint density at radius 2 is 2.16 bits per heavy atom. The number of hydrogen-bond donors (Lipinski definition) is 1. The number of nitrogens with one attached hydrogen (secondary N) is 1. The highest BCUT2D eigenvalue weighted by atomic mass is 16.2. The molecule has 6 nitrogen and oxygen atoms in total. The number of pyridine rings is 1. The number of H-pyrrole nitrogens is 1. The number of carbonyl (C=O) groups excluding carboxylic acids is 1. The van der Waals surface area contributed by atoms with Crippen molar-refractivity contribution in [3.63, 3.8) is 0 Å². The number of carbonyl (C=O) groups is 1. The number of nitrogens with zero attached hydrogens (tertiary/aromatic N) is 4. The van der Waals surface area contributed by atoms with Crippen molar-refractivity contribution in [1.82, 2.24) is 24.3 Å². The molecule has 0 radical (unpaired) electrons. The maximum Gasteiger partial charge on any atom is 0.273 e. The summed E-state index contributed by atoms with van der Waals surface area (Å²) in [4.78, 5) is 27.3. The van der Waals surface area contributed by atoms with Gasteiger partial charge in [0.1, 0.15) is 11.3 Å². The monoisotopic (exact) mass is 337 g/mol. The molecule has 4 rings (SSSR count). The van der Waals surface area contributed by atoms with Crippen LogP contribution in [-0.4, -0.2) is 36.2 Å². The largest absolute Gasteiger partial charge is 0.347 e. The SMILES string of the molecule is Cc1nc2ccccn2c1C(=O)N(Cc1cnc[nH]1)C1CCCCC1. The van der Waals surface area contributed by atoms with Gasteiger partial charge in [0.2, 0.25) is 0 Å². The molecular weight excluding hydrogens is 314 g/mol. The van der Waals surface area contributed by atoms with Crippen LogP contribution < -0.4 is 0 Å². The van der Waals surface area contributed by atoms with Gasteiger partial charge in [-0.3, -0.25) is 9.20 Å². The molecule has 130 valence electrons. The van der Waals surface area contributed by atoms with Gasteiger partial charge >= 0.3 is 0 Å². The van der Waals surface area contributed by atoms with Gasteiger partial charge in [0.05, 0.1) is 24.3 Å². The Bertz CT molecular complexity index is 861. The van der Waals surface area contributed by atoms with Gasteiger partial charge < -0.3 is 9.88 Å². The van der Waals surface area contributed by atoms with Crippen molar-refractivity contribution in [3.8, 4) is 0 Å². The highest BCUT2D eigenvalue weighted by Crippen LogP contribution is 2.26. The molecule has 3 heterocycles. The van der Waals surface area contributed by atoms with Crippen LogP contribution in [-0.2, 0) is 6.54 Å². The molecule has 1 fully saturated rings. The quantitative estimate of drug-likeness (QED) is 0.794. The van der Waals surface area contributed by atoms with Crippen LogP contribution in [0, 0.1) is 6.92 Å². The van der Waals surface area contributed by atoms with Crippen molar-refractivity contribution in [3.05, 3.63) is 54.0 Å². The summed E-state index contributed by atoms with van der Waals surface area (Å²) < 4.78 is 1.90. The Hall–Kier alpha value is -2.63. The van der Waals surface area contributed by atoms with Gasteiger partial charge in [-0.25, -0.2) is 9.97 Å². The van der Waals surface area contributed by atoms with Crippen molar-refractivity contribution < 1.29 is 4.79 Å². The lowest BCUT2D eigenvalue weighted by molar-refractivity contribution is 0.0603. The molecule has 1 aliphatic carbocycles. The molecule has 25 heavy (non-hydrogen) atoms. The molecule has 1 saturated carbocycles. The molecule has 1 aliphatic rings. The van der Waals surface area contributed by atoms with E-state index in [9.17, 15) is 4.79 Å². The first-order valence-electron chi connectivity index (χ1n) is 8.96. The maximum atomic E-state index is 13.5. The van der Waals surface area contributed by atoms with Crippen molar-refractivity contribution in [2.24, 2.45) is 0 Å². The summed E-state index contributed by atoms with van der Waals surface area (Å²) in [7, 11) is 0. The molecular formula is C19H23N5O. The second kappa shape index (κ2) is 6.70. The summed E-state index contributed by atoms with van der Waals surface area (Å²) in [6.07, 6.45) is 11.1. The predicted molar refractivity (Wildman–Crippen MR) is 95.3 cm³/mol. The topological polar surface area (TPSA) is 66.3 Å². The fraction of sp³-hybridized carbons (Fsp3) is 0.421. The van der Waals surface area contributed by atoms with E-state index in [1.165, 1.54) is 19.3 Å². The van der Waals surface area contributed by atoms with Gasteiger partial charge in [-0.1, -0.05) is 25.3 Å². The molecule has 0 bridgehead atoms. The van der Waals surface area contributed by atoms with Crippen LogP contribution in [0.1, 0.15) is 54.0 Å². The lowest BCUT2D eigenvalue weighted by atomic mass is 9.93. The number of rotatable bonds is 4. The fourth-order valence-corrected chi connectivity index (χ4v) is 3.82. The van der Waals surface area contributed by atoms with Gasteiger partial charge in [0.25, 0.3) is 5.91 Å². The molecule has 0 saturated heterocycles. The minimum absolute atomic E-state index is 0.0534. The van der Waals surface area contributed by atoms with Crippen LogP contribution in [0.15, 0.2) is 36.9 Å². The van der Waals surface area contributed by atoms with Crippen LogP contribution >= 0.6 is 0 Å². The van der Waals surface area contributed by atoms with Gasteiger partial charge in [-0.15, -0.1) is 0 Å². The van der Waals surface area contributed by atoms with Gasteiger partial charge in [0.15, 0.2) is 0 Å². The zero-order chi connectivity index (χ0) is 17.2. The van der Waals surface area contributed by atoms with E-state index in [0.717, 1.165) is 29.9 Å². The zero-order valence-corrected chi connectivity index (χ0v) is 14.5. The molecule has 0 unspecified atom stereocenters. The van der Waals surface area contributed by atoms with Gasteiger partial charge in [0, 0.05) is 18.4 Å². The molecule has 0 spiro atoms. The van der Waals surface area contributed by atoms with E-state index in [0.29, 0.717) is 12.2 Å². The van der Waals surface area contributed by atoms with E-state index in [4.69, 9.17) is 0 Å². The normalized spacial score (nSPS) is 15.6. The first-order valence-corrected chi connectivity index (χ1v) is 8.96. The summed E-state index contributed by atoms with van der Waals surface area (Å²) in [5.41, 5.74) is 3.22. The van der Waals surface area contributed by atoms with E-state index in [2.05, 4.69) is 15.0 Å². The first-order chi connectivity index (χ1) is 12.2. The zero-order valence-electron chi connectivity index (χ0n) is 14.5. The third-order valence-electron chi connectivity index (χ3n) is 5.08. The molecule has 0 aliphatic heterocycles. The lowest BCUT2D eigenvalue weighted by Gasteiger charge is -2.34. The highest BCUT2D eigenvalue weighted by molar-refractivity contribution is 5.94. The molecule has 6 heteroatoms. The van der Waals surface area contributed by atoms with Crippen LogP contribution in [0.3, 0.4) is 0 Å². The molecule has 3 aromatic heterocycles. The maximum absolute atomic E-state index is 13.5. The third kappa shape index (κ3) is 3.04. The van der Waals surface area contributed by atoms with Crippen LogP contribution in [0.5, 0.6) is 0 Å². The van der Waals surface area contributed by atoms with Crippen LogP contribution in [0.4, 0.5) is 0 Å². The number of amides is 1. The van der Waals surface area contributed by atoms with Crippen LogP contribution in [0.25, 0.3) is 5.65 Å². The fourth-order valence-electron chi connectivity index (χ4n) is 3.82. The Labute approximate surface area is 146 Å². The second-order valence-electron chi connectivity index (χ2n) is 6.78. The van der Waals surface area contributed by atoms with Crippen molar-refractivity contribution in [2.45, 2.75) is 51.6 Å². The number of fused-ring (bicyclic) bond motifs is 1. The Kier molecular flexibility index (Phi) is 4.26. The highest BCUT2D eigenvalue weighted by Gasteiger charge is 2.29. The van der Waals surface area contributed by atoms with E-state index >= 15 is 0 Å². The lowest BCUT2D eigenvalue weighted by Crippen LogP contribution is -2.41. The average molecular weight is 337 g/mol. The Morgan fingerprint density at radius 1 is 1.32 bits per heavy atom. The van der Waals surface area contributed by atoms with Crippen molar-refractivity contribution in [1.29, 1.82) is 0 Å². The minimum atomic E-state index is 0.0534. The number of imidazole rings is 2. The number of aromatic amines is 1. The summed E-state index contributed by atoms with van der Waals surface area (Å²) in [5.74, 6) is 0.0534. The van der Waals surface area contributed by atoms with E-state index in [1.54, 1.807) is 12.5 Å². The first kappa shape index (κ1) is 15.9. The summed E-state index contributed by atoms with van der Waals surface area (Å²) in [5, 5.41) is 0. The van der Waals surface area contributed by atoms with E-state index in [1.807, 2.05) is 40.6 Å². The average Bonchev–Trinajstić information content (AvgIpc) is 3.26. The smallest absolute Gasteiger partial charge is 0.273 e. The summed E-state index contributed by atoms with van der Waals surface area (Å²) in [6, 6.07) is 6.09. The van der Waals surface area contributed by atoms with Crippen molar-refractivity contribution >= 4 is 11.6 Å². The standard InChI is InChI=1S/C19H23N5O/c1-14-18(23-10-6-5-9-17(23)22-14)19(25)24(12-15-11-20-13-21-15)16-7-3-2-4-8-16/h5-6,9-11,13,16H,2-4,7-8,12H2,1H3,(H,20,21). The molecule has 0 atom stereocenters. The van der Waals surface area contributed by atoms with E-state index < -0.39 is 0 Å². The Morgan fingerprint density at radius 3 is 2.92 bits per heavy atom.